The number of esters is 1. The molecule has 1 aliphatic carbocycles. The van der Waals surface area contributed by atoms with Crippen LogP contribution in [-0.4, -0.2) is 40.6 Å². The highest BCUT2D eigenvalue weighted by Crippen LogP contribution is 2.24. The molecule has 0 N–H and O–H groups in total. The number of rotatable bonds is 8. The minimum atomic E-state index is -0.815. The number of likely N-dealkylation sites (N-methyl/N-ethyl adjacent to an activating group) is 1. The Morgan fingerprint density at radius 1 is 1.16 bits per heavy atom. The van der Waals surface area contributed by atoms with Gasteiger partial charge in [-0.15, -0.1) is 0 Å². The Kier molecular flexibility index (Phi) is 7.71. The van der Waals surface area contributed by atoms with Crippen molar-refractivity contribution in [3.8, 4) is 5.75 Å². The minimum absolute atomic E-state index is 0.123. The summed E-state index contributed by atoms with van der Waals surface area (Å²) in [5.41, 5.74) is 2.09. The van der Waals surface area contributed by atoms with Crippen LogP contribution in [0.15, 0.2) is 28.8 Å². The summed E-state index contributed by atoms with van der Waals surface area (Å²) < 4.78 is 16.4. The molecule has 31 heavy (non-hydrogen) atoms. The fraction of sp³-hybridized carbons (Fsp3) is 0.542. The third-order valence-electron chi connectivity index (χ3n) is 5.93. The number of aryl methyl sites for hydroxylation is 2. The molecular weight excluding hydrogens is 396 g/mol. The minimum Gasteiger partial charge on any atom is -0.489 e. The highest BCUT2D eigenvalue weighted by molar-refractivity contribution is 5.92. The molecule has 0 saturated heterocycles. The highest BCUT2D eigenvalue weighted by atomic mass is 16.5. The molecule has 7 nitrogen and oxygen atoms in total. The van der Waals surface area contributed by atoms with Crippen molar-refractivity contribution in [2.24, 2.45) is 0 Å². The fourth-order valence-corrected chi connectivity index (χ4v) is 4.05. The number of ether oxygens (including phenoxy) is 2. The van der Waals surface area contributed by atoms with Gasteiger partial charge < -0.3 is 18.9 Å². The summed E-state index contributed by atoms with van der Waals surface area (Å²) in [6.07, 6.45) is 4.75. The maximum absolute atomic E-state index is 12.9. The zero-order chi connectivity index (χ0) is 22.4. The van der Waals surface area contributed by atoms with E-state index in [2.05, 4.69) is 5.16 Å². The summed E-state index contributed by atoms with van der Waals surface area (Å²) >= 11 is 0. The van der Waals surface area contributed by atoms with Crippen molar-refractivity contribution in [1.82, 2.24) is 10.1 Å². The Morgan fingerprint density at radius 2 is 1.84 bits per heavy atom. The maximum Gasteiger partial charge on any atom is 0.338 e. The second-order valence-electron chi connectivity index (χ2n) is 8.08. The molecular formula is C24H32N2O5. The van der Waals surface area contributed by atoms with E-state index >= 15 is 0 Å². The summed E-state index contributed by atoms with van der Waals surface area (Å²) in [6.45, 7) is 8.29. The smallest absolute Gasteiger partial charge is 0.338 e. The van der Waals surface area contributed by atoms with Crippen molar-refractivity contribution in [3.05, 3.63) is 46.8 Å². The van der Waals surface area contributed by atoms with E-state index in [-0.39, 0.29) is 11.9 Å². The highest BCUT2D eigenvalue weighted by Gasteiger charge is 2.29. The Hall–Kier alpha value is -2.83. The van der Waals surface area contributed by atoms with Crippen molar-refractivity contribution in [3.63, 3.8) is 0 Å². The van der Waals surface area contributed by atoms with Crippen LogP contribution in [0.4, 0.5) is 0 Å². The maximum atomic E-state index is 12.9. The van der Waals surface area contributed by atoms with E-state index in [4.69, 9.17) is 14.0 Å². The average Bonchev–Trinajstić information content (AvgIpc) is 3.11. The predicted molar refractivity (Wildman–Crippen MR) is 116 cm³/mol. The lowest BCUT2D eigenvalue weighted by Gasteiger charge is -2.35. The number of carbonyl (C=O) groups is 2. The lowest BCUT2D eigenvalue weighted by molar-refractivity contribution is -0.142. The molecule has 1 aromatic heterocycles. The van der Waals surface area contributed by atoms with E-state index < -0.39 is 12.1 Å². The summed E-state index contributed by atoms with van der Waals surface area (Å²) in [5, 5.41) is 3.91. The molecule has 1 aliphatic rings. The lowest BCUT2D eigenvalue weighted by Crippen LogP contribution is -2.46. The van der Waals surface area contributed by atoms with Gasteiger partial charge in [0, 0.05) is 12.6 Å². The standard InChI is InChI=1S/C24H32N2O5/c1-5-26(20-9-7-6-8-10-20)23(27)18(4)30-24(28)19-11-13-21(14-12-19)29-15-22-16(2)25-31-17(22)3/h11-14,18,20H,5-10,15H2,1-4H3/t18-/m0/s1. The summed E-state index contributed by atoms with van der Waals surface area (Å²) in [6, 6.07) is 6.95. The molecule has 1 atom stereocenters. The van der Waals surface area contributed by atoms with E-state index in [1.54, 1.807) is 31.2 Å². The van der Waals surface area contributed by atoms with Crippen LogP contribution in [0, 0.1) is 13.8 Å². The second-order valence-corrected chi connectivity index (χ2v) is 8.08. The molecule has 0 bridgehead atoms. The van der Waals surface area contributed by atoms with Crippen molar-refractivity contribution < 1.29 is 23.6 Å². The number of hydrogen-bond donors (Lipinski definition) is 0. The molecule has 1 heterocycles. The second kappa shape index (κ2) is 10.5. The van der Waals surface area contributed by atoms with Gasteiger partial charge in [0.25, 0.3) is 5.91 Å². The van der Waals surface area contributed by atoms with E-state index in [1.165, 1.54) is 6.42 Å². The number of amides is 1. The Balaban J connectivity index is 1.55. The molecule has 3 rings (SSSR count). The van der Waals surface area contributed by atoms with Crippen molar-refractivity contribution in [2.45, 2.75) is 78.6 Å². The number of carbonyl (C=O) groups excluding carboxylic acids is 2. The number of benzene rings is 1. The monoisotopic (exact) mass is 428 g/mol. The third kappa shape index (κ3) is 5.66. The van der Waals surface area contributed by atoms with Crippen LogP contribution >= 0.6 is 0 Å². The topological polar surface area (TPSA) is 81.9 Å². The van der Waals surface area contributed by atoms with E-state index in [1.807, 2.05) is 25.7 Å². The first-order valence-electron chi connectivity index (χ1n) is 11.1. The van der Waals surface area contributed by atoms with Gasteiger partial charge in [-0.05, 0) is 64.8 Å². The predicted octanol–water partition coefficient (Wildman–Crippen LogP) is 4.60. The molecule has 7 heteroatoms. The zero-order valence-corrected chi connectivity index (χ0v) is 18.8. The summed E-state index contributed by atoms with van der Waals surface area (Å²) in [5.74, 6) is 0.709. The van der Waals surface area contributed by atoms with Gasteiger partial charge in [-0.25, -0.2) is 4.79 Å². The Labute approximate surface area is 183 Å². The van der Waals surface area contributed by atoms with Crippen LogP contribution in [0.1, 0.15) is 73.3 Å². The quantitative estimate of drug-likeness (QED) is 0.572. The van der Waals surface area contributed by atoms with Crippen LogP contribution in [-0.2, 0) is 16.1 Å². The van der Waals surface area contributed by atoms with Gasteiger partial charge in [-0.3, -0.25) is 4.79 Å². The SMILES string of the molecule is CCN(C(=O)[C@H](C)OC(=O)c1ccc(OCc2c(C)noc2C)cc1)C1CCCCC1. The van der Waals surface area contributed by atoms with Gasteiger partial charge in [0.15, 0.2) is 6.10 Å². The zero-order valence-electron chi connectivity index (χ0n) is 18.8. The first kappa shape index (κ1) is 22.8. The molecule has 1 saturated carbocycles. The first-order valence-corrected chi connectivity index (χ1v) is 11.1. The van der Waals surface area contributed by atoms with Crippen LogP contribution < -0.4 is 4.74 Å². The van der Waals surface area contributed by atoms with Crippen molar-refractivity contribution in [1.29, 1.82) is 0 Å². The van der Waals surface area contributed by atoms with Gasteiger partial charge in [0.2, 0.25) is 0 Å². The van der Waals surface area contributed by atoms with Crippen molar-refractivity contribution in [2.75, 3.05) is 6.54 Å². The molecule has 0 spiro atoms. The van der Waals surface area contributed by atoms with E-state index in [0.29, 0.717) is 24.5 Å². The third-order valence-corrected chi connectivity index (χ3v) is 5.93. The fourth-order valence-electron chi connectivity index (χ4n) is 4.05. The Bertz CT molecular complexity index is 864. The number of nitrogens with zero attached hydrogens (tertiary/aromatic N) is 2. The largest absolute Gasteiger partial charge is 0.489 e. The molecule has 1 aromatic carbocycles. The first-order chi connectivity index (χ1) is 14.9. The number of hydrogen-bond acceptors (Lipinski definition) is 6. The summed E-state index contributed by atoms with van der Waals surface area (Å²) in [7, 11) is 0. The molecule has 0 radical (unpaired) electrons. The molecule has 0 aliphatic heterocycles. The molecule has 1 amide bonds. The molecule has 2 aromatic rings. The van der Waals surface area contributed by atoms with Crippen LogP contribution in [0.25, 0.3) is 0 Å². The molecule has 1 fully saturated rings. The number of aromatic nitrogens is 1. The Morgan fingerprint density at radius 3 is 2.42 bits per heavy atom. The van der Waals surface area contributed by atoms with Gasteiger partial charge in [0.05, 0.1) is 16.8 Å². The average molecular weight is 429 g/mol. The van der Waals surface area contributed by atoms with Crippen LogP contribution in [0.3, 0.4) is 0 Å². The van der Waals surface area contributed by atoms with Crippen LogP contribution in [0.5, 0.6) is 5.75 Å². The van der Waals surface area contributed by atoms with Gasteiger partial charge in [-0.2, -0.15) is 0 Å². The van der Waals surface area contributed by atoms with Gasteiger partial charge in [-0.1, -0.05) is 24.4 Å². The van der Waals surface area contributed by atoms with Gasteiger partial charge >= 0.3 is 5.97 Å². The summed E-state index contributed by atoms with van der Waals surface area (Å²) in [4.78, 5) is 27.3. The molecule has 0 unspecified atom stereocenters. The van der Waals surface area contributed by atoms with Crippen LogP contribution in [0.2, 0.25) is 0 Å². The normalized spacial score (nSPS) is 15.4. The van der Waals surface area contributed by atoms with E-state index in [9.17, 15) is 9.59 Å². The molecule has 168 valence electrons. The van der Waals surface area contributed by atoms with Crippen molar-refractivity contribution >= 4 is 11.9 Å². The van der Waals surface area contributed by atoms with Gasteiger partial charge in [0.1, 0.15) is 18.1 Å². The lowest BCUT2D eigenvalue weighted by atomic mass is 9.94. The van der Waals surface area contributed by atoms with E-state index in [0.717, 1.165) is 42.7 Å².